The lowest BCUT2D eigenvalue weighted by atomic mass is 10.0. The second-order valence-electron chi connectivity index (χ2n) is 6.44. The summed E-state index contributed by atoms with van der Waals surface area (Å²) in [5, 5.41) is 0. The summed E-state index contributed by atoms with van der Waals surface area (Å²) in [4.78, 5) is 17.8. The van der Waals surface area contributed by atoms with E-state index in [-0.39, 0.29) is 0 Å². The standard InChI is InChI=1S/C18H23N5O/c1-2-15(12-19-5-1)14-23-10-11-24-17-4-9-22(8-3-16(17)23)18-13-20-6-7-21-18/h1-2,5-7,12-13,16-17H,3-4,8-11,14H2. The van der Waals surface area contributed by atoms with E-state index in [1.807, 2.05) is 24.7 Å². The topological polar surface area (TPSA) is 54.4 Å². The van der Waals surface area contributed by atoms with Crippen molar-refractivity contribution in [2.24, 2.45) is 0 Å². The quantitative estimate of drug-likeness (QED) is 0.857. The summed E-state index contributed by atoms with van der Waals surface area (Å²) in [6.07, 6.45) is 11.5. The molecule has 4 rings (SSSR count). The fourth-order valence-electron chi connectivity index (χ4n) is 3.77. The van der Waals surface area contributed by atoms with Gasteiger partial charge in [0.2, 0.25) is 0 Å². The van der Waals surface area contributed by atoms with Gasteiger partial charge in [-0.1, -0.05) is 6.07 Å². The Labute approximate surface area is 142 Å². The van der Waals surface area contributed by atoms with E-state index < -0.39 is 0 Å². The Morgan fingerprint density at radius 2 is 1.96 bits per heavy atom. The molecule has 2 aliphatic heterocycles. The summed E-state index contributed by atoms with van der Waals surface area (Å²) >= 11 is 0. The molecule has 2 atom stereocenters. The molecule has 0 bridgehead atoms. The first-order valence-electron chi connectivity index (χ1n) is 8.66. The van der Waals surface area contributed by atoms with Crippen LogP contribution in [0.2, 0.25) is 0 Å². The molecule has 2 unspecified atom stereocenters. The maximum absolute atomic E-state index is 6.09. The van der Waals surface area contributed by atoms with Crippen molar-refractivity contribution < 1.29 is 4.74 Å². The molecule has 0 saturated carbocycles. The first-order valence-corrected chi connectivity index (χ1v) is 8.66. The lowest BCUT2D eigenvalue weighted by Gasteiger charge is -2.40. The van der Waals surface area contributed by atoms with Crippen LogP contribution >= 0.6 is 0 Å². The normalized spacial score (nSPS) is 25.1. The summed E-state index contributed by atoms with van der Waals surface area (Å²) in [5.74, 6) is 0.968. The first-order chi connectivity index (χ1) is 11.9. The van der Waals surface area contributed by atoms with Crippen LogP contribution < -0.4 is 4.90 Å². The fourth-order valence-corrected chi connectivity index (χ4v) is 3.77. The van der Waals surface area contributed by atoms with Crippen molar-refractivity contribution in [1.82, 2.24) is 19.9 Å². The van der Waals surface area contributed by atoms with Gasteiger partial charge in [-0.3, -0.25) is 14.9 Å². The largest absolute Gasteiger partial charge is 0.375 e. The lowest BCUT2D eigenvalue weighted by Crippen LogP contribution is -2.50. The number of fused-ring (bicyclic) bond motifs is 1. The molecule has 0 spiro atoms. The van der Waals surface area contributed by atoms with E-state index in [2.05, 4.69) is 30.8 Å². The number of pyridine rings is 1. The molecule has 6 heteroatoms. The maximum Gasteiger partial charge on any atom is 0.147 e. The number of nitrogens with zero attached hydrogens (tertiary/aromatic N) is 5. The molecule has 4 heterocycles. The Hall–Kier alpha value is -2.05. The Morgan fingerprint density at radius 3 is 2.79 bits per heavy atom. The van der Waals surface area contributed by atoms with Crippen molar-refractivity contribution in [3.8, 4) is 0 Å². The van der Waals surface area contributed by atoms with Gasteiger partial charge in [-0.25, -0.2) is 4.98 Å². The van der Waals surface area contributed by atoms with Crippen LogP contribution in [0.15, 0.2) is 43.1 Å². The zero-order valence-corrected chi connectivity index (χ0v) is 13.8. The molecule has 2 saturated heterocycles. The Morgan fingerprint density at radius 1 is 1.04 bits per heavy atom. The Bertz CT molecular complexity index is 638. The van der Waals surface area contributed by atoms with Gasteiger partial charge in [-0.2, -0.15) is 0 Å². The van der Waals surface area contributed by atoms with Gasteiger partial charge in [-0.15, -0.1) is 0 Å². The van der Waals surface area contributed by atoms with E-state index in [0.717, 1.165) is 51.4 Å². The van der Waals surface area contributed by atoms with Crippen LogP contribution in [0.4, 0.5) is 5.82 Å². The maximum atomic E-state index is 6.09. The number of aromatic nitrogens is 3. The van der Waals surface area contributed by atoms with Crippen LogP contribution in [0.1, 0.15) is 18.4 Å². The van der Waals surface area contributed by atoms with Gasteiger partial charge >= 0.3 is 0 Å². The van der Waals surface area contributed by atoms with Gasteiger partial charge in [-0.05, 0) is 24.5 Å². The van der Waals surface area contributed by atoms with Gasteiger partial charge in [0.1, 0.15) is 5.82 Å². The molecule has 0 aromatic carbocycles. The molecule has 0 aliphatic carbocycles. The Balaban J connectivity index is 1.46. The highest BCUT2D eigenvalue weighted by molar-refractivity contribution is 5.35. The molecule has 2 aromatic rings. The molecule has 0 amide bonds. The van der Waals surface area contributed by atoms with Crippen molar-refractivity contribution in [3.05, 3.63) is 48.7 Å². The molecule has 2 fully saturated rings. The minimum absolute atomic E-state index is 0.303. The minimum atomic E-state index is 0.303. The Kier molecular flexibility index (Phi) is 4.66. The van der Waals surface area contributed by atoms with Crippen LogP contribution in [0.25, 0.3) is 0 Å². The third-order valence-corrected chi connectivity index (χ3v) is 4.97. The summed E-state index contributed by atoms with van der Waals surface area (Å²) in [7, 11) is 0. The summed E-state index contributed by atoms with van der Waals surface area (Å²) in [5.41, 5.74) is 1.27. The van der Waals surface area contributed by atoms with Crippen molar-refractivity contribution in [3.63, 3.8) is 0 Å². The highest BCUT2D eigenvalue weighted by Crippen LogP contribution is 2.26. The smallest absolute Gasteiger partial charge is 0.147 e. The molecule has 0 N–H and O–H groups in total. The van der Waals surface area contributed by atoms with E-state index in [1.54, 1.807) is 12.4 Å². The molecule has 0 radical (unpaired) electrons. The number of rotatable bonds is 3. The third-order valence-electron chi connectivity index (χ3n) is 4.97. The van der Waals surface area contributed by atoms with Gasteiger partial charge < -0.3 is 9.64 Å². The average Bonchev–Trinajstić information content (AvgIpc) is 2.87. The second kappa shape index (κ2) is 7.23. The van der Waals surface area contributed by atoms with Crippen molar-refractivity contribution >= 4 is 5.82 Å². The number of hydrogen-bond donors (Lipinski definition) is 0. The highest BCUT2D eigenvalue weighted by Gasteiger charge is 2.34. The van der Waals surface area contributed by atoms with Gasteiger partial charge in [0, 0.05) is 57.0 Å². The molecule has 2 aliphatic rings. The third kappa shape index (κ3) is 3.39. The van der Waals surface area contributed by atoms with E-state index in [0.29, 0.717) is 12.1 Å². The second-order valence-corrected chi connectivity index (χ2v) is 6.44. The number of anilines is 1. The molecule has 6 nitrogen and oxygen atoms in total. The van der Waals surface area contributed by atoms with E-state index in [1.165, 1.54) is 5.56 Å². The van der Waals surface area contributed by atoms with E-state index in [4.69, 9.17) is 4.74 Å². The lowest BCUT2D eigenvalue weighted by molar-refractivity contribution is -0.0746. The van der Waals surface area contributed by atoms with Crippen LogP contribution in [0.5, 0.6) is 0 Å². The molecular weight excluding hydrogens is 302 g/mol. The van der Waals surface area contributed by atoms with Gasteiger partial charge in [0.05, 0.1) is 18.9 Å². The monoisotopic (exact) mass is 325 g/mol. The zero-order chi connectivity index (χ0) is 16.2. The number of hydrogen-bond acceptors (Lipinski definition) is 6. The van der Waals surface area contributed by atoms with E-state index >= 15 is 0 Å². The fraction of sp³-hybridized carbons (Fsp3) is 0.500. The SMILES string of the molecule is c1cncc(CN2CCOC3CCN(c4cnccn4)CCC32)c1. The molecule has 126 valence electrons. The van der Waals surface area contributed by atoms with Crippen LogP contribution in [-0.2, 0) is 11.3 Å². The summed E-state index contributed by atoms with van der Waals surface area (Å²) < 4.78 is 6.09. The average molecular weight is 325 g/mol. The summed E-state index contributed by atoms with van der Waals surface area (Å²) in [6, 6.07) is 4.62. The molecule has 24 heavy (non-hydrogen) atoms. The highest BCUT2D eigenvalue weighted by atomic mass is 16.5. The zero-order valence-electron chi connectivity index (χ0n) is 13.8. The van der Waals surface area contributed by atoms with Crippen LogP contribution in [0.3, 0.4) is 0 Å². The van der Waals surface area contributed by atoms with E-state index in [9.17, 15) is 0 Å². The van der Waals surface area contributed by atoms with Crippen molar-refractivity contribution in [2.75, 3.05) is 31.1 Å². The summed E-state index contributed by atoms with van der Waals surface area (Å²) in [6.45, 7) is 4.71. The predicted octanol–water partition coefficient (Wildman–Crippen LogP) is 1.74. The molecule has 2 aromatic heterocycles. The van der Waals surface area contributed by atoms with Gasteiger partial charge in [0.15, 0.2) is 0 Å². The van der Waals surface area contributed by atoms with Crippen LogP contribution in [-0.4, -0.2) is 58.2 Å². The number of morpholine rings is 1. The molecular formula is C18H23N5O. The van der Waals surface area contributed by atoms with Crippen LogP contribution in [0, 0.1) is 0 Å². The van der Waals surface area contributed by atoms with Gasteiger partial charge in [0.25, 0.3) is 0 Å². The number of ether oxygens (including phenoxy) is 1. The van der Waals surface area contributed by atoms with Crippen molar-refractivity contribution in [1.29, 1.82) is 0 Å². The van der Waals surface area contributed by atoms with Crippen molar-refractivity contribution in [2.45, 2.75) is 31.5 Å². The first kappa shape index (κ1) is 15.5. The predicted molar refractivity (Wildman–Crippen MR) is 91.7 cm³/mol. The minimum Gasteiger partial charge on any atom is -0.375 e.